The first-order valence-electron chi connectivity index (χ1n) is 8.51. The summed E-state index contributed by atoms with van der Waals surface area (Å²) in [6.45, 7) is 0.559. The summed E-state index contributed by atoms with van der Waals surface area (Å²) >= 11 is 8.36. The van der Waals surface area contributed by atoms with Crippen LogP contribution >= 0.6 is 23.4 Å². The van der Waals surface area contributed by atoms with Crippen molar-refractivity contribution >= 4 is 29.3 Å². The Kier molecular flexibility index (Phi) is 4.75. The van der Waals surface area contributed by atoms with Crippen LogP contribution in [-0.4, -0.2) is 15.0 Å². The highest BCUT2D eigenvalue weighted by atomic mass is 35.5. The van der Waals surface area contributed by atoms with Crippen molar-refractivity contribution in [2.75, 3.05) is 0 Å². The summed E-state index contributed by atoms with van der Waals surface area (Å²) in [5.41, 5.74) is 2.16. The molecule has 0 radical (unpaired) electrons. The summed E-state index contributed by atoms with van der Waals surface area (Å²) < 4.78 is -1.02. The third-order valence-electron chi connectivity index (χ3n) is 4.54. The number of hydrogen-bond donors (Lipinski definition) is 0. The molecular formula is C22H18ClNOS. The lowest BCUT2D eigenvalue weighted by Crippen LogP contribution is -2.63. The molecule has 0 N–H and O–H groups in total. The number of halogens is 1. The molecule has 4 rings (SSSR count). The van der Waals surface area contributed by atoms with Gasteiger partial charge in [0.1, 0.15) is 0 Å². The van der Waals surface area contributed by atoms with E-state index in [1.54, 1.807) is 0 Å². The number of amides is 1. The third-order valence-corrected chi connectivity index (χ3v) is 6.34. The second-order valence-electron chi connectivity index (χ2n) is 6.29. The molecule has 1 heterocycles. The Morgan fingerprint density at radius 2 is 1.38 bits per heavy atom. The number of carbonyl (C=O) groups is 1. The average Bonchev–Trinajstić information content (AvgIpc) is 2.69. The highest BCUT2D eigenvalue weighted by molar-refractivity contribution is 8.03. The van der Waals surface area contributed by atoms with Gasteiger partial charge in [0.2, 0.25) is 0 Å². The molecule has 0 spiro atoms. The van der Waals surface area contributed by atoms with Gasteiger partial charge in [-0.3, -0.25) is 4.79 Å². The molecule has 1 aliphatic rings. The average molecular weight is 380 g/mol. The molecule has 3 aromatic carbocycles. The molecule has 1 amide bonds. The van der Waals surface area contributed by atoms with Crippen LogP contribution in [0.5, 0.6) is 0 Å². The molecular weight excluding hydrogens is 362 g/mol. The predicted molar refractivity (Wildman–Crippen MR) is 107 cm³/mol. The Hall–Kier alpha value is -2.23. The van der Waals surface area contributed by atoms with Gasteiger partial charge in [-0.15, -0.1) is 0 Å². The van der Waals surface area contributed by atoms with Crippen molar-refractivity contribution in [2.45, 2.75) is 21.7 Å². The van der Waals surface area contributed by atoms with Gasteiger partial charge in [0.15, 0.2) is 4.21 Å². The van der Waals surface area contributed by atoms with Crippen LogP contribution in [0.1, 0.15) is 17.2 Å². The van der Waals surface area contributed by atoms with Crippen LogP contribution in [0.3, 0.4) is 0 Å². The minimum absolute atomic E-state index is 0.0364. The minimum Gasteiger partial charge on any atom is -0.326 e. The van der Waals surface area contributed by atoms with Gasteiger partial charge in [0.25, 0.3) is 5.91 Å². The topological polar surface area (TPSA) is 20.3 Å². The van der Waals surface area contributed by atoms with E-state index >= 15 is 0 Å². The normalized spacial score (nSPS) is 22.1. The molecule has 2 atom stereocenters. The Morgan fingerprint density at radius 1 is 0.846 bits per heavy atom. The molecule has 130 valence electrons. The summed E-state index contributed by atoms with van der Waals surface area (Å²) in [6.07, 6.45) is 0. The van der Waals surface area contributed by atoms with E-state index in [4.69, 9.17) is 11.6 Å². The fourth-order valence-corrected chi connectivity index (χ4v) is 5.13. The van der Waals surface area contributed by atoms with E-state index in [1.807, 2.05) is 95.9 Å². The maximum Gasteiger partial charge on any atom is 0.257 e. The van der Waals surface area contributed by atoms with E-state index in [9.17, 15) is 4.79 Å². The van der Waals surface area contributed by atoms with E-state index in [0.29, 0.717) is 6.54 Å². The van der Waals surface area contributed by atoms with Crippen LogP contribution in [0.25, 0.3) is 0 Å². The maximum absolute atomic E-state index is 13.0. The van der Waals surface area contributed by atoms with Crippen molar-refractivity contribution in [3.63, 3.8) is 0 Å². The molecule has 0 unspecified atom stereocenters. The Labute approximate surface area is 162 Å². The van der Waals surface area contributed by atoms with Crippen LogP contribution in [0.2, 0.25) is 0 Å². The molecule has 1 saturated heterocycles. The third kappa shape index (κ3) is 3.13. The van der Waals surface area contributed by atoms with Gasteiger partial charge >= 0.3 is 0 Å². The molecule has 4 heteroatoms. The van der Waals surface area contributed by atoms with E-state index in [-0.39, 0.29) is 11.9 Å². The van der Waals surface area contributed by atoms with Crippen LogP contribution in [0, 0.1) is 0 Å². The van der Waals surface area contributed by atoms with Crippen LogP contribution in [0.4, 0.5) is 0 Å². The maximum atomic E-state index is 13.0. The first kappa shape index (κ1) is 17.2. The van der Waals surface area contributed by atoms with Crippen molar-refractivity contribution in [1.82, 2.24) is 4.90 Å². The lowest BCUT2D eigenvalue weighted by atomic mass is 9.92. The van der Waals surface area contributed by atoms with E-state index < -0.39 is 4.21 Å². The summed E-state index contributed by atoms with van der Waals surface area (Å²) in [7, 11) is 0. The second kappa shape index (κ2) is 7.18. The van der Waals surface area contributed by atoms with Gasteiger partial charge in [0.05, 0.1) is 6.04 Å². The van der Waals surface area contributed by atoms with Crippen molar-refractivity contribution in [2.24, 2.45) is 0 Å². The highest BCUT2D eigenvalue weighted by Gasteiger charge is 2.61. The Morgan fingerprint density at radius 3 is 2.00 bits per heavy atom. The fourth-order valence-electron chi connectivity index (χ4n) is 3.30. The van der Waals surface area contributed by atoms with Gasteiger partial charge in [-0.25, -0.2) is 0 Å². The largest absolute Gasteiger partial charge is 0.326 e. The van der Waals surface area contributed by atoms with Gasteiger partial charge in [0, 0.05) is 11.4 Å². The lowest BCUT2D eigenvalue weighted by molar-refractivity contribution is -0.148. The molecule has 0 bridgehead atoms. The number of likely N-dealkylation sites (tertiary alicyclic amines) is 1. The number of rotatable bonds is 5. The predicted octanol–water partition coefficient (Wildman–Crippen LogP) is 5.50. The molecule has 0 aliphatic carbocycles. The number of β-lactam (4-membered cyclic amide) rings is 1. The summed E-state index contributed by atoms with van der Waals surface area (Å²) in [5.74, 6) is -0.0364. The summed E-state index contributed by atoms with van der Waals surface area (Å²) in [5, 5.41) is 0. The molecule has 0 aromatic heterocycles. The molecule has 1 fully saturated rings. The van der Waals surface area contributed by atoms with Crippen LogP contribution in [-0.2, 0) is 11.3 Å². The van der Waals surface area contributed by atoms with Crippen LogP contribution < -0.4 is 0 Å². The molecule has 26 heavy (non-hydrogen) atoms. The Bertz CT molecular complexity index is 888. The second-order valence-corrected chi connectivity index (χ2v) is 8.43. The van der Waals surface area contributed by atoms with Gasteiger partial charge in [-0.2, -0.15) is 0 Å². The standard InChI is InChI=1S/C22H18ClNOS/c23-22(26-19-14-8-3-9-15-19)20(18-12-6-2-7-13-18)24(21(22)25)16-17-10-4-1-5-11-17/h1-15,20H,16H2/t20-,22-/m1/s1. The van der Waals surface area contributed by atoms with E-state index in [1.165, 1.54) is 11.8 Å². The zero-order valence-corrected chi connectivity index (χ0v) is 15.7. The van der Waals surface area contributed by atoms with Crippen molar-refractivity contribution in [3.05, 3.63) is 102 Å². The highest BCUT2D eigenvalue weighted by Crippen LogP contribution is 2.57. The van der Waals surface area contributed by atoms with Crippen LogP contribution in [0.15, 0.2) is 95.9 Å². The number of carbonyl (C=O) groups excluding carboxylic acids is 1. The molecule has 3 aromatic rings. The number of thioether (sulfide) groups is 1. The smallest absolute Gasteiger partial charge is 0.257 e. The van der Waals surface area contributed by atoms with Gasteiger partial charge in [-0.05, 0) is 23.3 Å². The van der Waals surface area contributed by atoms with Crippen molar-refractivity contribution in [3.8, 4) is 0 Å². The van der Waals surface area contributed by atoms with E-state index in [0.717, 1.165) is 16.0 Å². The first-order chi connectivity index (χ1) is 12.7. The van der Waals surface area contributed by atoms with Gasteiger partial charge < -0.3 is 4.90 Å². The minimum atomic E-state index is -1.02. The molecule has 0 saturated carbocycles. The zero-order valence-electron chi connectivity index (χ0n) is 14.1. The number of alkyl halides is 1. The number of hydrogen-bond acceptors (Lipinski definition) is 2. The van der Waals surface area contributed by atoms with E-state index in [2.05, 4.69) is 0 Å². The monoisotopic (exact) mass is 379 g/mol. The SMILES string of the molecule is O=C1N(Cc2ccccc2)[C@H](c2ccccc2)[C@@]1(Cl)Sc1ccccc1. The quantitative estimate of drug-likeness (QED) is 0.431. The Balaban J connectivity index is 1.66. The zero-order chi connectivity index (χ0) is 18.0. The fraction of sp³-hybridized carbons (Fsp3) is 0.136. The molecule has 1 aliphatic heterocycles. The first-order valence-corrected chi connectivity index (χ1v) is 9.71. The molecule has 2 nitrogen and oxygen atoms in total. The summed E-state index contributed by atoms with van der Waals surface area (Å²) in [6, 6.07) is 29.8. The number of nitrogens with zero attached hydrogens (tertiary/aromatic N) is 1. The number of benzene rings is 3. The lowest BCUT2D eigenvalue weighted by Gasteiger charge is -2.52. The summed E-state index contributed by atoms with van der Waals surface area (Å²) in [4.78, 5) is 15.9. The van der Waals surface area contributed by atoms with Crippen molar-refractivity contribution in [1.29, 1.82) is 0 Å². The van der Waals surface area contributed by atoms with Gasteiger partial charge in [-0.1, -0.05) is 102 Å². The van der Waals surface area contributed by atoms with Crippen molar-refractivity contribution < 1.29 is 4.79 Å².